The molecule has 2 aromatic carbocycles. The molecule has 182 valence electrons. The minimum atomic E-state index is -0.319. The first-order valence-electron chi connectivity index (χ1n) is 12.3. The van der Waals surface area contributed by atoms with Crippen molar-refractivity contribution in [3.05, 3.63) is 48.0 Å². The molecule has 0 bridgehead atoms. The van der Waals surface area contributed by atoms with Crippen LogP contribution in [0, 0.1) is 18.8 Å². The van der Waals surface area contributed by atoms with Crippen LogP contribution >= 0.6 is 0 Å². The zero-order chi connectivity index (χ0) is 24.1. The summed E-state index contributed by atoms with van der Waals surface area (Å²) in [5.41, 5.74) is 3.49. The fourth-order valence-electron chi connectivity index (χ4n) is 5.06. The summed E-state index contributed by atoms with van der Waals surface area (Å²) in [6.07, 6.45) is 4.65. The lowest BCUT2D eigenvalue weighted by Crippen LogP contribution is -2.51. The van der Waals surface area contributed by atoms with E-state index in [4.69, 9.17) is 4.74 Å². The van der Waals surface area contributed by atoms with Gasteiger partial charge in [-0.15, -0.1) is 0 Å². The van der Waals surface area contributed by atoms with Gasteiger partial charge in [-0.3, -0.25) is 4.79 Å². The van der Waals surface area contributed by atoms with Crippen molar-refractivity contribution in [2.24, 2.45) is 11.8 Å². The Kier molecular flexibility index (Phi) is 7.60. The number of rotatable bonds is 5. The van der Waals surface area contributed by atoms with Gasteiger partial charge in [-0.1, -0.05) is 25.8 Å². The molecular formula is C27H36N4O3. The van der Waals surface area contributed by atoms with Gasteiger partial charge in [-0.05, 0) is 67.6 Å². The monoisotopic (exact) mass is 464 g/mol. The first-order valence-corrected chi connectivity index (χ1v) is 12.3. The zero-order valence-corrected chi connectivity index (χ0v) is 20.5. The second-order valence-corrected chi connectivity index (χ2v) is 9.51. The normalized spacial score (nSPS) is 20.6. The van der Waals surface area contributed by atoms with Gasteiger partial charge in [-0.2, -0.15) is 0 Å². The average molecular weight is 465 g/mol. The number of ether oxygens (including phenoxy) is 1. The van der Waals surface area contributed by atoms with Crippen LogP contribution in [0.5, 0.6) is 5.75 Å². The number of aryl methyl sites for hydroxylation is 1. The highest BCUT2D eigenvalue weighted by Crippen LogP contribution is 2.31. The van der Waals surface area contributed by atoms with Gasteiger partial charge in [0.2, 0.25) is 5.91 Å². The van der Waals surface area contributed by atoms with E-state index in [0.717, 1.165) is 43.9 Å². The SMILES string of the molecule is COc1ccc(C)cc1NC(=O)Nc1ccc(N2CCN(C(=O)C3CCCCC3C)CC2)cc1. The Bertz CT molecular complexity index is 999. The van der Waals surface area contributed by atoms with Crippen LogP contribution in [0.1, 0.15) is 38.2 Å². The van der Waals surface area contributed by atoms with Crippen molar-refractivity contribution >= 4 is 29.0 Å². The van der Waals surface area contributed by atoms with Gasteiger partial charge in [-0.25, -0.2) is 4.79 Å². The molecule has 1 aliphatic carbocycles. The van der Waals surface area contributed by atoms with E-state index in [1.807, 2.05) is 49.4 Å². The Hall–Kier alpha value is -3.22. The van der Waals surface area contributed by atoms with Crippen LogP contribution in [0.2, 0.25) is 0 Å². The highest BCUT2D eigenvalue weighted by molar-refractivity contribution is 6.00. The third-order valence-corrected chi connectivity index (χ3v) is 7.11. The molecule has 1 saturated heterocycles. The summed E-state index contributed by atoms with van der Waals surface area (Å²) in [6.45, 7) is 7.38. The Morgan fingerprint density at radius 1 is 0.941 bits per heavy atom. The van der Waals surface area contributed by atoms with Gasteiger partial charge in [0.05, 0.1) is 12.8 Å². The Balaban J connectivity index is 1.29. The zero-order valence-electron chi connectivity index (χ0n) is 20.5. The molecule has 3 amide bonds. The van der Waals surface area contributed by atoms with Crippen molar-refractivity contribution < 1.29 is 14.3 Å². The van der Waals surface area contributed by atoms with Crippen LogP contribution in [-0.4, -0.2) is 50.1 Å². The van der Waals surface area contributed by atoms with Gasteiger partial charge < -0.3 is 25.2 Å². The number of anilines is 3. The van der Waals surface area contributed by atoms with Crippen molar-refractivity contribution in [2.75, 3.05) is 48.8 Å². The maximum Gasteiger partial charge on any atom is 0.323 e. The highest BCUT2D eigenvalue weighted by atomic mass is 16.5. The number of nitrogens with zero attached hydrogens (tertiary/aromatic N) is 2. The van der Waals surface area contributed by atoms with E-state index >= 15 is 0 Å². The quantitative estimate of drug-likeness (QED) is 0.644. The molecule has 2 unspecified atom stereocenters. The van der Waals surface area contributed by atoms with Crippen molar-refractivity contribution in [3.8, 4) is 5.75 Å². The number of urea groups is 1. The van der Waals surface area contributed by atoms with E-state index in [9.17, 15) is 9.59 Å². The standard InChI is InChI=1S/C27H36N4O3/c1-19-8-13-25(34-3)24(18-19)29-27(33)28-21-9-11-22(12-10-21)30-14-16-31(17-15-30)26(32)23-7-5-4-6-20(23)2/h8-13,18,20,23H,4-7,14-17H2,1-3H3,(H2,28,29,33). The van der Waals surface area contributed by atoms with Crippen molar-refractivity contribution in [1.29, 1.82) is 0 Å². The fraction of sp³-hybridized carbons (Fsp3) is 0.481. The fourth-order valence-corrected chi connectivity index (χ4v) is 5.06. The number of carbonyl (C=O) groups excluding carboxylic acids is 2. The van der Waals surface area contributed by atoms with Crippen molar-refractivity contribution in [3.63, 3.8) is 0 Å². The molecule has 7 heteroatoms. The summed E-state index contributed by atoms with van der Waals surface area (Å²) in [6, 6.07) is 13.2. The summed E-state index contributed by atoms with van der Waals surface area (Å²) in [4.78, 5) is 29.8. The predicted molar refractivity (Wildman–Crippen MR) is 137 cm³/mol. The van der Waals surface area contributed by atoms with E-state index in [1.54, 1.807) is 7.11 Å². The number of carbonyl (C=O) groups is 2. The van der Waals surface area contributed by atoms with Crippen LogP contribution < -0.4 is 20.3 Å². The van der Waals surface area contributed by atoms with E-state index in [0.29, 0.717) is 28.9 Å². The van der Waals surface area contributed by atoms with Crippen LogP contribution in [0.15, 0.2) is 42.5 Å². The van der Waals surface area contributed by atoms with E-state index in [-0.39, 0.29) is 11.9 Å². The second-order valence-electron chi connectivity index (χ2n) is 9.51. The van der Waals surface area contributed by atoms with Gasteiger partial charge in [0.1, 0.15) is 5.75 Å². The Labute approximate surface area is 202 Å². The van der Waals surface area contributed by atoms with Gasteiger partial charge >= 0.3 is 6.03 Å². The summed E-state index contributed by atoms with van der Waals surface area (Å²) < 4.78 is 5.32. The largest absolute Gasteiger partial charge is 0.495 e. The molecule has 0 radical (unpaired) electrons. The molecule has 2 fully saturated rings. The number of piperazine rings is 1. The van der Waals surface area contributed by atoms with Gasteiger partial charge in [0.15, 0.2) is 0 Å². The summed E-state index contributed by atoms with van der Waals surface area (Å²) in [5.74, 6) is 1.68. The topological polar surface area (TPSA) is 73.9 Å². The Morgan fingerprint density at radius 3 is 2.32 bits per heavy atom. The molecule has 34 heavy (non-hydrogen) atoms. The number of benzene rings is 2. The molecule has 2 aromatic rings. The Morgan fingerprint density at radius 2 is 1.65 bits per heavy atom. The number of hydrogen-bond donors (Lipinski definition) is 2. The van der Waals surface area contributed by atoms with Crippen LogP contribution in [-0.2, 0) is 4.79 Å². The molecule has 1 aliphatic heterocycles. The summed E-state index contributed by atoms with van der Waals surface area (Å²) >= 11 is 0. The number of hydrogen-bond acceptors (Lipinski definition) is 4. The summed E-state index contributed by atoms with van der Waals surface area (Å²) in [5, 5.41) is 5.73. The number of nitrogens with one attached hydrogen (secondary N) is 2. The minimum Gasteiger partial charge on any atom is -0.495 e. The molecule has 2 aliphatic rings. The molecule has 0 aromatic heterocycles. The highest BCUT2D eigenvalue weighted by Gasteiger charge is 2.32. The number of methoxy groups -OCH3 is 1. The first kappa shape index (κ1) is 23.9. The van der Waals surface area contributed by atoms with Crippen LogP contribution in [0.3, 0.4) is 0 Å². The lowest BCUT2D eigenvalue weighted by atomic mass is 9.79. The molecule has 0 spiro atoms. The van der Waals surface area contributed by atoms with E-state index in [1.165, 1.54) is 19.3 Å². The van der Waals surface area contributed by atoms with Crippen LogP contribution in [0.25, 0.3) is 0 Å². The first-order chi connectivity index (χ1) is 16.4. The van der Waals surface area contributed by atoms with E-state index < -0.39 is 0 Å². The molecule has 2 atom stereocenters. The molecule has 7 nitrogen and oxygen atoms in total. The minimum absolute atomic E-state index is 0.205. The third kappa shape index (κ3) is 5.64. The summed E-state index contributed by atoms with van der Waals surface area (Å²) in [7, 11) is 1.58. The lowest BCUT2D eigenvalue weighted by molar-refractivity contribution is -0.138. The van der Waals surface area contributed by atoms with Gasteiger partial charge in [0, 0.05) is 43.5 Å². The lowest BCUT2D eigenvalue weighted by Gasteiger charge is -2.39. The van der Waals surface area contributed by atoms with Gasteiger partial charge in [0.25, 0.3) is 0 Å². The molecule has 1 saturated carbocycles. The molecular weight excluding hydrogens is 428 g/mol. The maximum absolute atomic E-state index is 13.0. The maximum atomic E-state index is 13.0. The van der Waals surface area contributed by atoms with Crippen molar-refractivity contribution in [1.82, 2.24) is 4.90 Å². The van der Waals surface area contributed by atoms with E-state index in [2.05, 4.69) is 27.4 Å². The smallest absolute Gasteiger partial charge is 0.323 e. The van der Waals surface area contributed by atoms with Crippen LogP contribution in [0.4, 0.5) is 21.9 Å². The average Bonchev–Trinajstić information content (AvgIpc) is 2.85. The third-order valence-electron chi connectivity index (χ3n) is 7.11. The second kappa shape index (κ2) is 10.8. The predicted octanol–water partition coefficient (Wildman–Crippen LogP) is 5.12. The number of amides is 3. The molecule has 1 heterocycles. The van der Waals surface area contributed by atoms with Crippen molar-refractivity contribution in [2.45, 2.75) is 39.5 Å². The molecule has 2 N–H and O–H groups in total. The molecule has 4 rings (SSSR count).